The van der Waals surface area contributed by atoms with Gasteiger partial charge >= 0.3 is 57.4 Å². The van der Waals surface area contributed by atoms with Gasteiger partial charge in [-0.2, -0.15) is 0 Å². The molecule has 0 bridgehead atoms. The molecule has 2 aromatic rings. The molecule has 1 aromatic carbocycles. The Balaban J connectivity index is 0.000000980. The van der Waals surface area contributed by atoms with Crippen LogP contribution in [0.3, 0.4) is 0 Å². The van der Waals surface area contributed by atoms with E-state index in [2.05, 4.69) is 4.98 Å². The largest absolute Gasteiger partial charge is 1.00 e. The van der Waals surface area contributed by atoms with Crippen molar-refractivity contribution in [3.8, 4) is 5.75 Å². The minimum atomic E-state index is -0.301. The summed E-state index contributed by atoms with van der Waals surface area (Å²) < 4.78 is 5.00. The number of ether oxygens (including phenoxy) is 1. The Hall–Kier alpha value is -0.134. The van der Waals surface area contributed by atoms with Crippen molar-refractivity contribution in [2.45, 2.75) is 6.92 Å². The molecule has 1 aromatic heterocycles. The summed E-state index contributed by atoms with van der Waals surface area (Å²) in [5, 5.41) is 0.928. The van der Waals surface area contributed by atoms with E-state index in [0.717, 1.165) is 10.9 Å². The SMILES string of the molecule is CC(=O)Oc1c[nH]c2ccccc12.[H-].[K+]. The molecule has 2 rings (SSSR count). The Labute approximate surface area is 126 Å². The number of hydrogen-bond donors (Lipinski definition) is 1. The molecule has 3 nitrogen and oxygen atoms in total. The van der Waals surface area contributed by atoms with Crippen LogP contribution in [0.15, 0.2) is 30.5 Å². The van der Waals surface area contributed by atoms with E-state index in [9.17, 15) is 4.79 Å². The average molecular weight is 215 g/mol. The zero-order valence-electron chi connectivity index (χ0n) is 9.20. The maximum Gasteiger partial charge on any atom is 1.00 e. The van der Waals surface area contributed by atoms with Crippen LogP contribution in [-0.4, -0.2) is 11.0 Å². The molecule has 0 saturated carbocycles. The third-order valence-corrected chi connectivity index (χ3v) is 1.80. The van der Waals surface area contributed by atoms with E-state index in [4.69, 9.17) is 4.74 Å². The summed E-state index contributed by atoms with van der Waals surface area (Å²) in [7, 11) is 0. The van der Waals surface area contributed by atoms with Crippen LogP contribution < -0.4 is 56.1 Å². The van der Waals surface area contributed by atoms with Crippen molar-refractivity contribution in [1.29, 1.82) is 0 Å². The Morgan fingerprint density at radius 2 is 2.14 bits per heavy atom. The van der Waals surface area contributed by atoms with E-state index >= 15 is 0 Å². The van der Waals surface area contributed by atoms with Gasteiger partial charge in [0, 0.05) is 24.0 Å². The fourth-order valence-electron chi connectivity index (χ4n) is 1.28. The molecule has 1 heterocycles. The summed E-state index contributed by atoms with van der Waals surface area (Å²) in [4.78, 5) is 13.7. The van der Waals surface area contributed by atoms with E-state index in [-0.39, 0.29) is 58.8 Å². The van der Waals surface area contributed by atoms with Gasteiger partial charge in [-0.15, -0.1) is 0 Å². The fraction of sp³-hybridized carbons (Fsp3) is 0.100. The second kappa shape index (κ2) is 5.09. The smallest absolute Gasteiger partial charge is 1.00 e. The summed E-state index contributed by atoms with van der Waals surface area (Å²) >= 11 is 0. The first-order chi connectivity index (χ1) is 6.27. The Bertz CT molecular complexity index is 455. The first-order valence-electron chi connectivity index (χ1n) is 4.02. The molecule has 0 aliphatic rings. The van der Waals surface area contributed by atoms with Crippen LogP contribution in [0.4, 0.5) is 0 Å². The summed E-state index contributed by atoms with van der Waals surface area (Å²) in [6.07, 6.45) is 1.69. The van der Waals surface area contributed by atoms with Gasteiger partial charge in [-0.1, -0.05) is 12.1 Å². The Morgan fingerprint density at radius 3 is 2.86 bits per heavy atom. The van der Waals surface area contributed by atoms with Crippen LogP contribution >= 0.6 is 0 Å². The molecule has 0 saturated heterocycles. The van der Waals surface area contributed by atoms with Crippen molar-refractivity contribution in [1.82, 2.24) is 4.98 Å². The molecule has 0 aliphatic heterocycles. The van der Waals surface area contributed by atoms with Crippen molar-refractivity contribution in [3.63, 3.8) is 0 Å². The molecule has 4 heteroatoms. The molecule has 0 spiro atoms. The van der Waals surface area contributed by atoms with Crippen LogP contribution in [0.25, 0.3) is 10.9 Å². The van der Waals surface area contributed by atoms with E-state index < -0.39 is 0 Å². The molecule has 0 radical (unpaired) electrons. The van der Waals surface area contributed by atoms with Gasteiger partial charge in [0.1, 0.15) is 0 Å². The van der Waals surface area contributed by atoms with Gasteiger partial charge in [-0.25, -0.2) is 0 Å². The van der Waals surface area contributed by atoms with E-state index in [1.54, 1.807) is 6.20 Å². The van der Waals surface area contributed by atoms with Crippen molar-refractivity contribution < 1.29 is 62.3 Å². The van der Waals surface area contributed by atoms with E-state index in [0.29, 0.717) is 5.75 Å². The summed E-state index contributed by atoms with van der Waals surface area (Å²) in [5.41, 5.74) is 0.971. The van der Waals surface area contributed by atoms with Gasteiger partial charge in [0.05, 0.1) is 0 Å². The number of hydrogen-bond acceptors (Lipinski definition) is 2. The average Bonchev–Trinajstić information content (AvgIpc) is 2.48. The van der Waals surface area contributed by atoms with Gasteiger partial charge in [0.25, 0.3) is 0 Å². The van der Waals surface area contributed by atoms with Gasteiger partial charge in [0.2, 0.25) is 0 Å². The predicted molar refractivity (Wildman–Crippen MR) is 50.7 cm³/mol. The van der Waals surface area contributed by atoms with Gasteiger partial charge < -0.3 is 11.1 Å². The van der Waals surface area contributed by atoms with Gasteiger partial charge in [-0.05, 0) is 12.1 Å². The number of aromatic nitrogens is 1. The van der Waals surface area contributed by atoms with Crippen LogP contribution in [0.5, 0.6) is 5.75 Å². The number of carbonyl (C=O) groups is 1. The number of para-hydroxylation sites is 1. The number of carbonyl (C=O) groups excluding carboxylic acids is 1. The van der Waals surface area contributed by atoms with Crippen molar-refractivity contribution in [3.05, 3.63) is 30.5 Å². The molecular formula is C10H10KNO2. The number of nitrogens with one attached hydrogen (secondary N) is 1. The normalized spacial score (nSPS) is 9.50. The molecule has 1 N–H and O–H groups in total. The Morgan fingerprint density at radius 1 is 1.43 bits per heavy atom. The van der Waals surface area contributed by atoms with Crippen LogP contribution in [0, 0.1) is 0 Å². The number of aromatic amines is 1. The number of esters is 1. The monoisotopic (exact) mass is 215 g/mol. The first kappa shape index (κ1) is 11.9. The van der Waals surface area contributed by atoms with E-state index in [1.807, 2.05) is 24.3 Å². The van der Waals surface area contributed by atoms with Crippen LogP contribution in [0.1, 0.15) is 8.35 Å². The predicted octanol–water partition coefficient (Wildman–Crippen LogP) is -0.790. The molecule has 68 valence electrons. The third kappa shape index (κ3) is 2.46. The summed E-state index contributed by atoms with van der Waals surface area (Å²) in [6.45, 7) is 1.39. The quantitative estimate of drug-likeness (QED) is 0.500. The molecule has 0 fully saturated rings. The van der Waals surface area contributed by atoms with E-state index in [1.165, 1.54) is 6.92 Å². The third-order valence-electron chi connectivity index (χ3n) is 1.80. The van der Waals surface area contributed by atoms with Gasteiger partial charge in [0.15, 0.2) is 5.75 Å². The minimum Gasteiger partial charge on any atom is -1.00 e. The maximum absolute atomic E-state index is 10.7. The number of fused-ring (bicyclic) bond motifs is 1. The Kier molecular flexibility index (Phi) is 4.34. The molecular weight excluding hydrogens is 205 g/mol. The minimum absolute atomic E-state index is 0. The molecule has 0 amide bonds. The molecule has 14 heavy (non-hydrogen) atoms. The van der Waals surface area contributed by atoms with Gasteiger partial charge in [-0.3, -0.25) is 4.79 Å². The maximum atomic E-state index is 10.7. The topological polar surface area (TPSA) is 42.1 Å². The van der Waals surface area contributed by atoms with Crippen molar-refractivity contribution in [2.75, 3.05) is 0 Å². The molecule has 0 aliphatic carbocycles. The van der Waals surface area contributed by atoms with Crippen LogP contribution in [-0.2, 0) is 4.79 Å². The number of rotatable bonds is 1. The van der Waals surface area contributed by atoms with Crippen molar-refractivity contribution in [2.24, 2.45) is 0 Å². The first-order valence-corrected chi connectivity index (χ1v) is 4.02. The number of benzene rings is 1. The summed E-state index contributed by atoms with van der Waals surface area (Å²) in [5.74, 6) is 0.285. The standard InChI is InChI=1S/C10H9NO2.K.H/c1-7(12)13-10-6-11-9-5-3-2-4-8(9)10;;/h2-6,11H,1H3;;/q;+1;-1. The summed E-state index contributed by atoms with van der Waals surface area (Å²) in [6, 6.07) is 7.67. The number of H-pyrrole nitrogens is 1. The molecule has 0 unspecified atom stereocenters. The fourth-order valence-corrected chi connectivity index (χ4v) is 1.28. The van der Waals surface area contributed by atoms with Crippen LogP contribution in [0.2, 0.25) is 0 Å². The zero-order chi connectivity index (χ0) is 9.26. The second-order valence-corrected chi connectivity index (χ2v) is 2.79. The van der Waals surface area contributed by atoms with Crippen molar-refractivity contribution >= 4 is 16.9 Å². The zero-order valence-corrected chi connectivity index (χ0v) is 11.3. The second-order valence-electron chi connectivity index (χ2n) is 2.79. The molecule has 0 atom stereocenters.